The molecule has 0 aliphatic heterocycles. The summed E-state index contributed by atoms with van der Waals surface area (Å²) in [6, 6.07) is 6.92. The number of fused-ring (bicyclic) bond motifs is 1. The number of benzene rings is 1. The number of carbonyl (C=O) groups excluding carboxylic acids is 1. The van der Waals surface area contributed by atoms with E-state index in [9.17, 15) is 4.79 Å². The molecule has 0 saturated heterocycles. The monoisotopic (exact) mass is 324 g/mol. The lowest BCUT2D eigenvalue weighted by Gasteiger charge is -2.29. The molecule has 2 rings (SSSR count). The van der Waals surface area contributed by atoms with Crippen molar-refractivity contribution < 1.29 is 4.79 Å². The number of hydrogen-bond acceptors (Lipinski definition) is 2. The third-order valence-electron chi connectivity index (χ3n) is 3.90. The van der Waals surface area contributed by atoms with E-state index in [-0.39, 0.29) is 5.91 Å². The number of rotatable bonds is 4. The smallest absolute Gasteiger partial charge is 0.224 e. The fourth-order valence-electron chi connectivity index (χ4n) is 2.38. The van der Waals surface area contributed by atoms with Crippen LogP contribution in [-0.2, 0) is 17.6 Å². The Morgan fingerprint density at radius 2 is 2.21 bits per heavy atom. The number of amides is 1. The predicted octanol–water partition coefficient (Wildman–Crippen LogP) is 2.41. The molecule has 19 heavy (non-hydrogen) atoms. The van der Waals surface area contributed by atoms with Gasteiger partial charge in [0.1, 0.15) is 0 Å². The van der Waals surface area contributed by atoms with Crippen molar-refractivity contribution in [3.8, 4) is 0 Å². The molecule has 1 amide bonds. The Bertz CT molecular complexity index is 485. The van der Waals surface area contributed by atoms with Crippen LogP contribution in [-0.4, -0.2) is 18.5 Å². The zero-order chi connectivity index (χ0) is 14.0. The first-order valence-electron chi connectivity index (χ1n) is 6.69. The summed E-state index contributed by atoms with van der Waals surface area (Å²) >= 11 is 3.51. The minimum Gasteiger partial charge on any atom is -0.369 e. The molecule has 104 valence electrons. The van der Waals surface area contributed by atoms with Crippen LogP contribution < -0.4 is 11.1 Å². The summed E-state index contributed by atoms with van der Waals surface area (Å²) in [6.45, 7) is 4.41. The van der Waals surface area contributed by atoms with E-state index in [1.807, 2.05) is 13.8 Å². The summed E-state index contributed by atoms with van der Waals surface area (Å²) in [5.41, 5.74) is 7.75. The summed E-state index contributed by atoms with van der Waals surface area (Å²) in [5, 5.41) is 3.49. The molecule has 0 bridgehead atoms. The van der Waals surface area contributed by atoms with Gasteiger partial charge in [0.2, 0.25) is 5.91 Å². The molecule has 1 aromatic carbocycles. The zero-order valence-corrected chi connectivity index (χ0v) is 13.1. The quantitative estimate of drug-likeness (QED) is 0.893. The van der Waals surface area contributed by atoms with Gasteiger partial charge in [0.15, 0.2) is 0 Å². The number of nitrogens with two attached hydrogens (primary N) is 1. The highest BCUT2D eigenvalue weighted by Crippen LogP contribution is 2.25. The molecule has 0 heterocycles. The largest absolute Gasteiger partial charge is 0.369 e. The average molecular weight is 325 g/mol. The fourth-order valence-corrected chi connectivity index (χ4v) is 2.79. The second kappa shape index (κ2) is 5.63. The van der Waals surface area contributed by atoms with Crippen LogP contribution in [0.1, 0.15) is 31.4 Å². The van der Waals surface area contributed by atoms with Crippen LogP contribution in [0.5, 0.6) is 0 Å². The Balaban J connectivity index is 1.96. The van der Waals surface area contributed by atoms with Crippen LogP contribution in [0.2, 0.25) is 0 Å². The van der Waals surface area contributed by atoms with Gasteiger partial charge in [-0.2, -0.15) is 0 Å². The minimum atomic E-state index is -0.486. The van der Waals surface area contributed by atoms with Crippen LogP contribution in [0.3, 0.4) is 0 Å². The molecule has 1 unspecified atom stereocenters. The standard InChI is InChI=1S/C15H21BrN2O/c1-15(2,14(17)19)9-18-13-6-4-10-7-12(16)5-3-11(10)8-13/h3,5,7,13,18H,4,6,8-9H2,1-2H3,(H2,17,19). The van der Waals surface area contributed by atoms with E-state index in [0.29, 0.717) is 12.6 Å². The SMILES string of the molecule is CC(C)(CNC1CCc2cc(Br)ccc2C1)C(N)=O. The minimum absolute atomic E-state index is 0.250. The van der Waals surface area contributed by atoms with Crippen LogP contribution in [0.25, 0.3) is 0 Å². The summed E-state index contributed by atoms with van der Waals surface area (Å²) < 4.78 is 1.15. The number of halogens is 1. The first-order chi connectivity index (χ1) is 8.88. The molecule has 3 N–H and O–H groups in total. The summed E-state index contributed by atoms with van der Waals surface area (Å²) in [4.78, 5) is 11.3. The molecule has 1 atom stereocenters. The van der Waals surface area contributed by atoms with Crippen LogP contribution in [0.4, 0.5) is 0 Å². The fraction of sp³-hybridized carbons (Fsp3) is 0.533. The number of aryl methyl sites for hydroxylation is 1. The highest BCUT2D eigenvalue weighted by Gasteiger charge is 2.27. The van der Waals surface area contributed by atoms with Gasteiger partial charge in [-0.15, -0.1) is 0 Å². The summed E-state index contributed by atoms with van der Waals surface area (Å²) in [5.74, 6) is -0.250. The predicted molar refractivity (Wildman–Crippen MR) is 80.9 cm³/mol. The lowest BCUT2D eigenvalue weighted by atomic mass is 9.87. The first kappa shape index (κ1) is 14.5. The van der Waals surface area contributed by atoms with Crippen molar-refractivity contribution in [3.05, 3.63) is 33.8 Å². The van der Waals surface area contributed by atoms with Gasteiger partial charge < -0.3 is 11.1 Å². The Morgan fingerprint density at radius 1 is 1.47 bits per heavy atom. The molecular formula is C15H21BrN2O. The number of nitrogens with one attached hydrogen (secondary N) is 1. The van der Waals surface area contributed by atoms with Gasteiger partial charge in [-0.25, -0.2) is 0 Å². The maximum atomic E-state index is 11.3. The van der Waals surface area contributed by atoms with Gasteiger partial charge in [0, 0.05) is 17.1 Å². The molecule has 0 aromatic heterocycles. The molecule has 3 nitrogen and oxygen atoms in total. The Morgan fingerprint density at radius 3 is 2.89 bits per heavy atom. The van der Waals surface area contributed by atoms with Gasteiger partial charge in [-0.1, -0.05) is 22.0 Å². The second-order valence-corrected chi connectivity index (χ2v) is 6.90. The van der Waals surface area contributed by atoms with E-state index >= 15 is 0 Å². The molecule has 0 fully saturated rings. The number of carbonyl (C=O) groups is 1. The van der Waals surface area contributed by atoms with Crippen molar-refractivity contribution in [3.63, 3.8) is 0 Å². The summed E-state index contributed by atoms with van der Waals surface area (Å²) in [7, 11) is 0. The van der Waals surface area contributed by atoms with Gasteiger partial charge in [-0.3, -0.25) is 4.79 Å². The second-order valence-electron chi connectivity index (χ2n) is 5.98. The zero-order valence-electron chi connectivity index (χ0n) is 11.5. The van der Waals surface area contributed by atoms with Crippen LogP contribution in [0, 0.1) is 5.41 Å². The van der Waals surface area contributed by atoms with E-state index in [1.54, 1.807) is 0 Å². The van der Waals surface area contributed by atoms with Gasteiger partial charge in [-0.05, 0) is 56.4 Å². The molecule has 0 saturated carbocycles. The van der Waals surface area contributed by atoms with E-state index in [1.165, 1.54) is 11.1 Å². The first-order valence-corrected chi connectivity index (χ1v) is 7.48. The highest BCUT2D eigenvalue weighted by molar-refractivity contribution is 9.10. The van der Waals surface area contributed by atoms with E-state index in [2.05, 4.69) is 39.4 Å². The van der Waals surface area contributed by atoms with Crippen molar-refractivity contribution in [2.45, 2.75) is 39.2 Å². The normalized spacial score (nSPS) is 19.0. The van der Waals surface area contributed by atoms with E-state index in [4.69, 9.17) is 5.73 Å². The molecule has 1 aromatic rings. The van der Waals surface area contributed by atoms with Crippen LogP contribution >= 0.6 is 15.9 Å². The lowest BCUT2D eigenvalue weighted by molar-refractivity contribution is -0.125. The topological polar surface area (TPSA) is 55.1 Å². The lowest BCUT2D eigenvalue weighted by Crippen LogP contribution is -2.45. The Labute approximate surface area is 123 Å². The molecule has 1 aliphatic rings. The molecule has 0 radical (unpaired) electrons. The van der Waals surface area contributed by atoms with Crippen molar-refractivity contribution >= 4 is 21.8 Å². The number of primary amides is 1. The third kappa shape index (κ3) is 3.57. The molecule has 1 aliphatic carbocycles. The third-order valence-corrected chi connectivity index (χ3v) is 4.39. The Kier molecular flexibility index (Phi) is 4.31. The number of hydrogen-bond donors (Lipinski definition) is 2. The van der Waals surface area contributed by atoms with Crippen molar-refractivity contribution in [2.75, 3.05) is 6.54 Å². The van der Waals surface area contributed by atoms with Gasteiger partial charge >= 0.3 is 0 Å². The van der Waals surface area contributed by atoms with Gasteiger partial charge in [0.05, 0.1) is 5.41 Å². The van der Waals surface area contributed by atoms with Crippen molar-refractivity contribution in [2.24, 2.45) is 11.1 Å². The van der Waals surface area contributed by atoms with E-state index in [0.717, 1.165) is 23.7 Å². The van der Waals surface area contributed by atoms with E-state index < -0.39 is 5.41 Å². The maximum Gasteiger partial charge on any atom is 0.224 e. The van der Waals surface area contributed by atoms with Crippen molar-refractivity contribution in [1.29, 1.82) is 0 Å². The van der Waals surface area contributed by atoms with Gasteiger partial charge in [0.25, 0.3) is 0 Å². The Hall–Kier alpha value is -0.870. The molecular weight excluding hydrogens is 304 g/mol. The maximum absolute atomic E-state index is 11.3. The highest BCUT2D eigenvalue weighted by atomic mass is 79.9. The van der Waals surface area contributed by atoms with Crippen molar-refractivity contribution in [1.82, 2.24) is 5.32 Å². The summed E-state index contributed by atoms with van der Waals surface area (Å²) in [6.07, 6.45) is 3.22. The average Bonchev–Trinajstić information content (AvgIpc) is 2.36. The molecule has 4 heteroatoms. The molecule has 0 spiro atoms. The van der Waals surface area contributed by atoms with Crippen LogP contribution in [0.15, 0.2) is 22.7 Å².